The summed E-state index contributed by atoms with van der Waals surface area (Å²) in [5.74, 6) is -0.0498. The average Bonchev–Trinajstić information content (AvgIpc) is 2.88. The summed E-state index contributed by atoms with van der Waals surface area (Å²) in [6.45, 7) is 0.770. The van der Waals surface area contributed by atoms with E-state index in [-0.39, 0.29) is 5.01 Å². The van der Waals surface area contributed by atoms with E-state index in [0.717, 1.165) is 42.1 Å². The number of hydrogen-bond acceptors (Lipinski definition) is 4. The van der Waals surface area contributed by atoms with Gasteiger partial charge in [-0.15, -0.1) is 11.3 Å². The number of ether oxygens (including phenoxy) is 1. The molecule has 0 saturated carbocycles. The first kappa shape index (κ1) is 11.2. The van der Waals surface area contributed by atoms with E-state index >= 15 is 0 Å². The third kappa shape index (κ3) is 1.97. The Kier molecular flexibility index (Phi) is 2.76. The second-order valence-corrected chi connectivity index (χ2v) is 4.98. The minimum absolute atomic E-state index is 0.124. The lowest BCUT2D eigenvalue weighted by molar-refractivity contribution is 0.0696. The van der Waals surface area contributed by atoms with E-state index in [1.165, 1.54) is 5.56 Å². The number of hydrogen-bond donors (Lipinski definition) is 1. The zero-order valence-corrected chi connectivity index (χ0v) is 10.4. The fourth-order valence-electron chi connectivity index (χ4n) is 2.02. The van der Waals surface area contributed by atoms with Crippen molar-refractivity contribution in [2.45, 2.75) is 12.8 Å². The van der Waals surface area contributed by atoms with Gasteiger partial charge in [0.2, 0.25) is 5.01 Å². The highest BCUT2D eigenvalue weighted by Crippen LogP contribution is 2.30. The fraction of sp³-hybridized carbons (Fsp3) is 0.231. The van der Waals surface area contributed by atoms with Crippen LogP contribution in [0.15, 0.2) is 23.6 Å². The van der Waals surface area contributed by atoms with Crippen molar-refractivity contribution in [3.05, 3.63) is 34.2 Å². The lowest BCUT2D eigenvalue weighted by Crippen LogP contribution is -2.08. The van der Waals surface area contributed by atoms with Crippen LogP contribution in [0.1, 0.15) is 21.8 Å². The molecule has 0 fully saturated rings. The number of aromatic carboxylic acids is 1. The summed E-state index contributed by atoms with van der Waals surface area (Å²) in [5, 5.41) is 10.8. The van der Waals surface area contributed by atoms with Gasteiger partial charge in [-0.1, -0.05) is 0 Å². The first-order chi connectivity index (χ1) is 8.74. The molecule has 5 heteroatoms. The number of carboxylic acids is 1. The van der Waals surface area contributed by atoms with Gasteiger partial charge in [-0.3, -0.25) is 0 Å². The third-order valence-corrected chi connectivity index (χ3v) is 3.72. The van der Waals surface area contributed by atoms with Crippen molar-refractivity contribution < 1.29 is 14.6 Å². The van der Waals surface area contributed by atoms with Crippen LogP contribution in [0.4, 0.5) is 0 Å². The first-order valence-electron chi connectivity index (χ1n) is 5.69. The lowest BCUT2D eigenvalue weighted by Gasteiger charge is -2.17. The van der Waals surface area contributed by atoms with E-state index in [2.05, 4.69) is 4.98 Å². The smallest absolute Gasteiger partial charge is 0.365 e. The van der Waals surface area contributed by atoms with Gasteiger partial charge in [0.15, 0.2) is 0 Å². The third-order valence-electron chi connectivity index (χ3n) is 2.89. The molecule has 18 heavy (non-hydrogen) atoms. The summed E-state index contributed by atoms with van der Waals surface area (Å²) in [5.41, 5.74) is 2.83. The Hall–Kier alpha value is -1.88. The number of carboxylic acid groups (broad SMARTS) is 1. The van der Waals surface area contributed by atoms with Crippen LogP contribution in [-0.2, 0) is 6.42 Å². The summed E-state index contributed by atoms with van der Waals surface area (Å²) in [7, 11) is 0. The van der Waals surface area contributed by atoms with Crippen molar-refractivity contribution in [2.75, 3.05) is 6.61 Å². The predicted molar refractivity (Wildman–Crippen MR) is 68.3 cm³/mol. The monoisotopic (exact) mass is 261 g/mol. The van der Waals surface area contributed by atoms with Crippen molar-refractivity contribution in [2.24, 2.45) is 0 Å². The Balaban J connectivity index is 1.98. The summed E-state index contributed by atoms with van der Waals surface area (Å²) >= 11 is 1.15. The van der Waals surface area contributed by atoms with Crippen LogP contribution >= 0.6 is 11.3 Å². The zero-order chi connectivity index (χ0) is 12.5. The van der Waals surface area contributed by atoms with Crippen molar-refractivity contribution in [1.82, 2.24) is 4.98 Å². The Bertz CT molecular complexity index is 606. The van der Waals surface area contributed by atoms with Gasteiger partial charge < -0.3 is 9.84 Å². The second-order valence-electron chi connectivity index (χ2n) is 4.12. The van der Waals surface area contributed by atoms with E-state index in [1.54, 1.807) is 5.38 Å². The standard InChI is InChI=1S/C13H11NO3S/c15-13(16)12-14-10(7-18-12)8-3-4-11-9(6-8)2-1-5-17-11/h3-4,6-7H,1-2,5H2,(H,15,16). The van der Waals surface area contributed by atoms with E-state index < -0.39 is 5.97 Å². The van der Waals surface area contributed by atoms with Gasteiger partial charge in [-0.2, -0.15) is 0 Å². The van der Waals surface area contributed by atoms with Gasteiger partial charge in [-0.25, -0.2) is 9.78 Å². The van der Waals surface area contributed by atoms with Crippen molar-refractivity contribution in [1.29, 1.82) is 0 Å². The van der Waals surface area contributed by atoms with E-state index in [0.29, 0.717) is 5.69 Å². The SMILES string of the molecule is O=C(O)c1nc(-c2ccc3c(c2)CCCO3)cs1. The minimum atomic E-state index is -0.979. The van der Waals surface area contributed by atoms with Crippen molar-refractivity contribution >= 4 is 17.3 Å². The number of carbonyl (C=O) groups is 1. The molecule has 1 aromatic carbocycles. The van der Waals surface area contributed by atoms with Crippen LogP contribution in [0.3, 0.4) is 0 Å². The number of nitrogens with zero attached hydrogens (tertiary/aromatic N) is 1. The molecular formula is C13H11NO3S. The van der Waals surface area contributed by atoms with Crippen LogP contribution in [0, 0.1) is 0 Å². The molecule has 2 heterocycles. The van der Waals surface area contributed by atoms with E-state index in [9.17, 15) is 4.79 Å². The largest absolute Gasteiger partial charge is 0.493 e. The maximum atomic E-state index is 10.8. The molecule has 1 aromatic heterocycles. The number of aryl methyl sites for hydroxylation is 1. The molecule has 1 aliphatic heterocycles. The molecule has 0 saturated heterocycles. The van der Waals surface area contributed by atoms with Gasteiger partial charge >= 0.3 is 5.97 Å². The van der Waals surface area contributed by atoms with E-state index in [1.807, 2.05) is 18.2 Å². The number of fused-ring (bicyclic) bond motifs is 1. The van der Waals surface area contributed by atoms with Gasteiger partial charge in [-0.05, 0) is 36.6 Å². The molecule has 92 valence electrons. The van der Waals surface area contributed by atoms with E-state index in [4.69, 9.17) is 9.84 Å². The molecule has 0 amide bonds. The second kappa shape index (κ2) is 4.42. The van der Waals surface area contributed by atoms with Gasteiger partial charge in [0, 0.05) is 10.9 Å². The Labute approximate surface area is 108 Å². The topological polar surface area (TPSA) is 59.4 Å². The molecule has 0 bridgehead atoms. The summed E-state index contributed by atoms with van der Waals surface area (Å²) in [4.78, 5) is 14.9. The highest BCUT2D eigenvalue weighted by atomic mass is 32.1. The lowest BCUT2D eigenvalue weighted by atomic mass is 10.0. The quantitative estimate of drug-likeness (QED) is 0.903. The number of rotatable bonds is 2. The molecular weight excluding hydrogens is 250 g/mol. The fourth-order valence-corrected chi connectivity index (χ4v) is 2.69. The van der Waals surface area contributed by atoms with Gasteiger partial charge in [0.05, 0.1) is 12.3 Å². The number of benzene rings is 1. The molecule has 1 N–H and O–H groups in total. The predicted octanol–water partition coefficient (Wildman–Crippen LogP) is 2.83. The molecule has 4 nitrogen and oxygen atoms in total. The zero-order valence-electron chi connectivity index (χ0n) is 9.55. The number of aromatic nitrogens is 1. The molecule has 3 rings (SSSR count). The van der Waals surface area contributed by atoms with Crippen molar-refractivity contribution in [3.63, 3.8) is 0 Å². The first-order valence-corrected chi connectivity index (χ1v) is 6.57. The maximum Gasteiger partial charge on any atom is 0.365 e. The normalized spacial score (nSPS) is 13.8. The summed E-state index contributed by atoms with van der Waals surface area (Å²) in [6, 6.07) is 5.89. The Morgan fingerprint density at radius 1 is 1.44 bits per heavy atom. The maximum absolute atomic E-state index is 10.8. The highest BCUT2D eigenvalue weighted by Gasteiger charge is 2.14. The summed E-state index contributed by atoms with van der Waals surface area (Å²) in [6.07, 6.45) is 2.02. The Morgan fingerprint density at radius 3 is 3.11 bits per heavy atom. The summed E-state index contributed by atoms with van der Waals surface area (Å²) < 4.78 is 5.55. The van der Waals surface area contributed by atoms with Crippen LogP contribution in [-0.4, -0.2) is 22.7 Å². The Morgan fingerprint density at radius 2 is 2.33 bits per heavy atom. The molecule has 0 unspecified atom stereocenters. The van der Waals surface area contributed by atoms with Crippen LogP contribution in [0.2, 0.25) is 0 Å². The minimum Gasteiger partial charge on any atom is -0.493 e. The molecule has 0 radical (unpaired) electrons. The molecule has 0 atom stereocenters. The van der Waals surface area contributed by atoms with Gasteiger partial charge in [0.25, 0.3) is 0 Å². The van der Waals surface area contributed by atoms with Crippen molar-refractivity contribution in [3.8, 4) is 17.0 Å². The molecule has 0 aliphatic carbocycles. The average molecular weight is 261 g/mol. The van der Waals surface area contributed by atoms with Gasteiger partial charge in [0.1, 0.15) is 5.75 Å². The van der Waals surface area contributed by atoms with Crippen LogP contribution in [0.5, 0.6) is 5.75 Å². The van der Waals surface area contributed by atoms with Crippen LogP contribution < -0.4 is 4.74 Å². The highest BCUT2D eigenvalue weighted by molar-refractivity contribution is 7.11. The number of thiazole rings is 1. The molecule has 0 spiro atoms. The molecule has 1 aliphatic rings. The molecule has 2 aromatic rings. The van der Waals surface area contributed by atoms with Crippen LogP contribution in [0.25, 0.3) is 11.3 Å².